The standard InChI is InChI=1S/C18H20N4O2/c1-3-10-24-12-9-22-15(8-11-23-2)21-16-17(22)13-6-4-5-7-14(13)20-18(16)19/h1,4-7H,8-12H2,2H3,(H2,19,20). The van der Waals surface area contributed by atoms with Gasteiger partial charge in [-0.3, -0.25) is 0 Å². The number of anilines is 1. The number of hydrogen-bond donors (Lipinski definition) is 1. The molecule has 2 aromatic heterocycles. The summed E-state index contributed by atoms with van der Waals surface area (Å²) in [4.78, 5) is 9.16. The van der Waals surface area contributed by atoms with Gasteiger partial charge in [-0.15, -0.1) is 6.42 Å². The van der Waals surface area contributed by atoms with Gasteiger partial charge < -0.3 is 19.8 Å². The van der Waals surface area contributed by atoms with Crippen LogP contribution in [0.15, 0.2) is 24.3 Å². The SMILES string of the molecule is C#CCOCCn1c(CCOC)nc2c(N)nc3ccccc3c21. The van der Waals surface area contributed by atoms with Gasteiger partial charge in [-0.05, 0) is 6.07 Å². The molecule has 0 amide bonds. The average molecular weight is 324 g/mol. The van der Waals surface area contributed by atoms with Gasteiger partial charge in [0.05, 0.1) is 24.2 Å². The maximum Gasteiger partial charge on any atom is 0.152 e. The van der Waals surface area contributed by atoms with Crippen LogP contribution in [0.1, 0.15) is 5.82 Å². The fraction of sp³-hybridized carbons (Fsp3) is 0.333. The third-order valence-corrected chi connectivity index (χ3v) is 3.86. The van der Waals surface area contributed by atoms with Crippen LogP contribution in [0.5, 0.6) is 0 Å². The number of rotatable bonds is 7. The number of benzene rings is 1. The number of methoxy groups -OCH3 is 1. The number of fused-ring (bicyclic) bond motifs is 3. The second kappa shape index (κ2) is 7.30. The lowest BCUT2D eigenvalue weighted by atomic mass is 10.2. The minimum Gasteiger partial charge on any atom is -0.384 e. The molecule has 6 nitrogen and oxygen atoms in total. The number of pyridine rings is 1. The summed E-state index contributed by atoms with van der Waals surface area (Å²) >= 11 is 0. The molecule has 3 aromatic rings. The van der Waals surface area contributed by atoms with E-state index in [0.29, 0.717) is 38.6 Å². The van der Waals surface area contributed by atoms with E-state index in [1.807, 2.05) is 24.3 Å². The molecule has 0 radical (unpaired) electrons. The van der Waals surface area contributed by atoms with Gasteiger partial charge in [0.15, 0.2) is 5.82 Å². The fourth-order valence-electron chi connectivity index (χ4n) is 2.82. The first-order valence-corrected chi connectivity index (χ1v) is 7.79. The van der Waals surface area contributed by atoms with Gasteiger partial charge in [0, 0.05) is 25.5 Å². The molecule has 0 spiro atoms. The Morgan fingerprint density at radius 1 is 1.25 bits per heavy atom. The number of nitrogen functional groups attached to an aromatic ring is 1. The van der Waals surface area contributed by atoms with Crippen molar-refractivity contribution in [1.29, 1.82) is 0 Å². The van der Waals surface area contributed by atoms with Crippen LogP contribution in [0, 0.1) is 12.3 Å². The average Bonchev–Trinajstić information content (AvgIpc) is 2.96. The van der Waals surface area contributed by atoms with Gasteiger partial charge in [-0.1, -0.05) is 24.1 Å². The molecule has 0 atom stereocenters. The summed E-state index contributed by atoms with van der Waals surface area (Å²) < 4.78 is 12.8. The van der Waals surface area contributed by atoms with Crippen LogP contribution in [-0.2, 0) is 22.4 Å². The molecule has 2 heterocycles. The summed E-state index contributed by atoms with van der Waals surface area (Å²) in [6.07, 6.45) is 5.92. The Balaban J connectivity index is 2.13. The van der Waals surface area contributed by atoms with Crippen molar-refractivity contribution in [3.63, 3.8) is 0 Å². The molecule has 0 aliphatic carbocycles. The molecule has 0 aliphatic heterocycles. The summed E-state index contributed by atoms with van der Waals surface area (Å²) in [5.41, 5.74) is 8.69. The zero-order valence-electron chi connectivity index (χ0n) is 13.7. The minimum absolute atomic E-state index is 0.296. The smallest absolute Gasteiger partial charge is 0.152 e. The number of hydrogen-bond acceptors (Lipinski definition) is 5. The maximum absolute atomic E-state index is 6.13. The van der Waals surface area contributed by atoms with Crippen LogP contribution in [0.2, 0.25) is 0 Å². The molecule has 2 N–H and O–H groups in total. The maximum atomic E-state index is 6.13. The number of imidazole rings is 1. The van der Waals surface area contributed by atoms with Gasteiger partial charge in [0.1, 0.15) is 17.9 Å². The van der Waals surface area contributed by atoms with Crippen LogP contribution < -0.4 is 5.73 Å². The highest BCUT2D eigenvalue weighted by Crippen LogP contribution is 2.28. The van der Waals surface area contributed by atoms with Crippen LogP contribution in [-0.4, -0.2) is 41.5 Å². The topological polar surface area (TPSA) is 75.2 Å². The largest absolute Gasteiger partial charge is 0.384 e. The molecule has 0 bridgehead atoms. The second-order valence-corrected chi connectivity index (χ2v) is 5.39. The number of ether oxygens (including phenoxy) is 2. The Morgan fingerprint density at radius 2 is 2.08 bits per heavy atom. The third kappa shape index (κ3) is 3.04. The Hall–Kier alpha value is -2.62. The molecule has 0 saturated heterocycles. The first kappa shape index (κ1) is 16.2. The second-order valence-electron chi connectivity index (χ2n) is 5.39. The normalized spacial score (nSPS) is 11.2. The Morgan fingerprint density at radius 3 is 2.88 bits per heavy atom. The summed E-state index contributed by atoms with van der Waals surface area (Å²) in [5.74, 6) is 3.82. The molecule has 1 aromatic carbocycles. The van der Waals surface area contributed by atoms with Crippen LogP contribution in [0.25, 0.3) is 21.9 Å². The zero-order valence-corrected chi connectivity index (χ0v) is 13.7. The predicted molar refractivity (Wildman–Crippen MR) is 94.7 cm³/mol. The summed E-state index contributed by atoms with van der Waals surface area (Å²) in [7, 11) is 1.67. The molecular formula is C18H20N4O2. The molecule has 0 saturated carbocycles. The Kier molecular flexibility index (Phi) is 4.94. The molecule has 0 aliphatic rings. The number of nitrogens with zero attached hydrogens (tertiary/aromatic N) is 3. The fourth-order valence-corrected chi connectivity index (χ4v) is 2.82. The van der Waals surface area contributed by atoms with E-state index < -0.39 is 0 Å². The quantitative estimate of drug-likeness (QED) is 0.531. The van der Waals surface area contributed by atoms with E-state index in [0.717, 1.165) is 27.8 Å². The highest BCUT2D eigenvalue weighted by Gasteiger charge is 2.16. The molecule has 124 valence electrons. The van der Waals surface area contributed by atoms with Crippen molar-refractivity contribution in [3.8, 4) is 12.3 Å². The van der Waals surface area contributed by atoms with Crippen LogP contribution in [0.3, 0.4) is 0 Å². The minimum atomic E-state index is 0.296. The predicted octanol–water partition coefficient (Wildman–Crippen LogP) is 2.01. The lowest BCUT2D eigenvalue weighted by Gasteiger charge is -2.10. The zero-order chi connectivity index (χ0) is 16.9. The first-order chi connectivity index (χ1) is 11.8. The summed E-state index contributed by atoms with van der Waals surface area (Å²) in [6.45, 7) is 2.03. The molecular weight excluding hydrogens is 304 g/mol. The number of nitrogens with two attached hydrogens (primary N) is 1. The Labute approximate surface area is 140 Å². The van der Waals surface area contributed by atoms with Crippen LogP contribution >= 0.6 is 0 Å². The van der Waals surface area contributed by atoms with E-state index in [2.05, 4.69) is 15.5 Å². The van der Waals surface area contributed by atoms with Gasteiger partial charge >= 0.3 is 0 Å². The Bertz CT molecular complexity index is 895. The molecule has 6 heteroatoms. The lowest BCUT2D eigenvalue weighted by Crippen LogP contribution is -2.11. The van der Waals surface area contributed by atoms with E-state index in [1.54, 1.807) is 7.11 Å². The van der Waals surface area contributed by atoms with E-state index >= 15 is 0 Å². The summed E-state index contributed by atoms with van der Waals surface area (Å²) in [6, 6.07) is 7.92. The number of aromatic nitrogens is 3. The highest BCUT2D eigenvalue weighted by atomic mass is 16.5. The van der Waals surface area contributed by atoms with Crippen molar-refractivity contribution in [2.75, 3.05) is 32.7 Å². The van der Waals surface area contributed by atoms with Gasteiger partial charge in [-0.25, -0.2) is 9.97 Å². The number of para-hydroxylation sites is 1. The summed E-state index contributed by atoms with van der Waals surface area (Å²) in [5, 5.41) is 1.02. The van der Waals surface area contributed by atoms with Crippen molar-refractivity contribution in [2.24, 2.45) is 0 Å². The van der Waals surface area contributed by atoms with E-state index in [-0.39, 0.29) is 0 Å². The van der Waals surface area contributed by atoms with E-state index in [9.17, 15) is 0 Å². The van der Waals surface area contributed by atoms with Crippen molar-refractivity contribution in [2.45, 2.75) is 13.0 Å². The monoisotopic (exact) mass is 324 g/mol. The molecule has 0 unspecified atom stereocenters. The molecule has 0 fully saturated rings. The third-order valence-electron chi connectivity index (χ3n) is 3.86. The molecule has 3 rings (SSSR count). The van der Waals surface area contributed by atoms with Crippen molar-refractivity contribution >= 4 is 27.8 Å². The number of terminal acetylenes is 1. The van der Waals surface area contributed by atoms with Crippen LogP contribution in [0.4, 0.5) is 5.82 Å². The first-order valence-electron chi connectivity index (χ1n) is 7.79. The van der Waals surface area contributed by atoms with Gasteiger partial charge in [0.25, 0.3) is 0 Å². The van der Waals surface area contributed by atoms with Gasteiger partial charge in [-0.2, -0.15) is 0 Å². The molecule has 24 heavy (non-hydrogen) atoms. The van der Waals surface area contributed by atoms with Crippen molar-refractivity contribution < 1.29 is 9.47 Å². The van der Waals surface area contributed by atoms with E-state index in [1.165, 1.54) is 0 Å². The van der Waals surface area contributed by atoms with Gasteiger partial charge in [0.2, 0.25) is 0 Å². The lowest BCUT2D eigenvalue weighted by molar-refractivity contribution is 0.156. The van der Waals surface area contributed by atoms with E-state index in [4.69, 9.17) is 26.6 Å². The van der Waals surface area contributed by atoms with Crippen molar-refractivity contribution in [3.05, 3.63) is 30.1 Å². The van der Waals surface area contributed by atoms with Crippen molar-refractivity contribution in [1.82, 2.24) is 14.5 Å². The highest BCUT2D eigenvalue weighted by molar-refractivity contribution is 6.06.